The molecule has 1 saturated carbocycles. The number of piperazine rings is 1. The highest BCUT2D eigenvalue weighted by Gasteiger charge is 2.31. The Morgan fingerprint density at radius 2 is 1.49 bits per heavy atom. The van der Waals surface area contributed by atoms with Gasteiger partial charge in [-0.15, -0.1) is 5.10 Å². The molecule has 4 saturated heterocycles. The van der Waals surface area contributed by atoms with Crippen LogP contribution in [0.5, 0.6) is 11.5 Å². The van der Waals surface area contributed by atoms with E-state index in [-0.39, 0.29) is 41.1 Å². The number of aromatic amines is 1. The van der Waals surface area contributed by atoms with Crippen molar-refractivity contribution in [3.05, 3.63) is 118 Å². The van der Waals surface area contributed by atoms with Gasteiger partial charge in [0.1, 0.15) is 11.6 Å². The number of ether oxygens (including phenoxy) is 2. The lowest BCUT2D eigenvalue weighted by molar-refractivity contribution is -0.135. The number of fused-ring (bicyclic) bond motifs is 1. The molecular formula is C52H61FN10O6. The summed E-state index contributed by atoms with van der Waals surface area (Å²) in [5.41, 5.74) is 2.21. The van der Waals surface area contributed by atoms with Gasteiger partial charge in [-0.25, -0.2) is 9.49 Å². The van der Waals surface area contributed by atoms with Crippen molar-refractivity contribution in [2.75, 3.05) is 83.4 Å². The van der Waals surface area contributed by atoms with E-state index >= 15 is 4.39 Å². The van der Waals surface area contributed by atoms with E-state index in [9.17, 15) is 19.2 Å². The van der Waals surface area contributed by atoms with Gasteiger partial charge in [-0.2, -0.15) is 10.2 Å². The van der Waals surface area contributed by atoms with Crippen LogP contribution in [-0.2, 0) is 20.7 Å². The molecule has 1 aliphatic carbocycles. The molecule has 5 aliphatic rings. The SMILES string of the molecule is O=C(CN1CCC(OC2CCN(c3cc(Oc4cccc(C5CCCN(C(=O)CNC6CC6)C5)c4)cnn3)CC2)CC1)N1CCN(C(=O)c2cc(Cc3n[nH]c(=O)c4ccccc34)ccc2F)CC1. The van der Waals surface area contributed by atoms with Gasteiger partial charge in [0, 0.05) is 95.3 Å². The third-order valence-electron chi connectivity index (χ3n) is 14.4. The van der Waals surface area contributed by atoms with Crippen molar-refractivity contribution in [3.8, 4) is 11.5 Å². The molecule has 2 N–H and O–H groups in total. The van der Waals surface area contributed by atoms with Crippen LogP contribution < -0.4 is 20.5 Å². The van der Waals surface area contributed by atoms with E-state index in [1.54, 1.807) is 40.3 Å². The molecule has 0 bridgehead atoms. The van der Waals surface area contributed by atoms with Gasteiger partial charge in [0.05, 0.1) is 48.1 Å². The molecule has 1 unspecified atom stereocenters. The van der Waals surface area contributed by atoms with E-state index in [2.05, 4.69) is 47.6 Å². The second-order valence-corrected chi connectivity index (χ2v) is 19.3. The van der Waals surface area contributed by atoms with Crippen LogP contribution in [0.25, 0.3) is 10.8 Å². The third-order valence-corrected chi connectivity index (χ3v) is 14.4. The minimum absolute atomic E-state index is 0.0183. The summed E-state index contributed by atoms with van der Waals surface area (Å²) < 4.78 is 28.0. The van der Waals surface area contributed by atoms with Gasteiger partial charge in [0.2, 0.25) is 11.8 Å². The quantitative estimate of drug-likeness (QED) is 0.151. The van der Waals surface area contributed by atoms with Gasteiger partial charge in [0.15, 0.2) is 11.6 Å². The molecule has 6 heterocycles. The molecular weight excluding hydrogens is 880 g/mol. The number of piperidine rings is 3. The van der Waals surface area contributed by atoms with Crippen molar-refractivity contribution >= 4 is 34.3 Å². The van der Waals surface area contributed by atoms with Crippen LogP contribution >= 0.6 is 0 Å². The third kappa shape index (κ3) is 11.4. The normalized spacial score (nSPS) is 19.8. The molecule has 16 nitrogen and oxygen atoms in total. The average molecular weight is 941 g/mol. The first-order valence-electron chi connectivity index (χ1n) is 24.8. The molecule has 17 heteroatoms. The van der Waals surface area contributed by atoms with Crippen LogP contribution in [0.15, 0.2) is 83.8 Å². The van der Waals surface area contributed by atoms with Crippen LogP contribution in [0, 0.1) is 5.82 Å². The average Bonchev–Trinajstić information content (AvgIpc) is 4.23. The number of halogens is 1. The number of aromatic nitrogens is 4. The first-order chi connectivity index (χ1) is 33.7. The maximum absolute atomic E-state index is 15.1. The Balaban J connectivity index is 0.636. The Morgan fingerprint density at radius 3 is 2.28 bits per heavy atom. The van der Waals surface area contributed by atoms with Crippen LogP contribution in [0.1, 0.15) is 84.5 Å². The topological polar surface area (TPSA) is 169 Å². The summed E-state index contributed by atoms with van der Waals surface area (Å²) in [7, 11) is 0. The highest BCUT2D eigenvalue weighted by atomic mass is 19.1. The smallest absolute Gasteiger partial charge is 0.272 e. The molecule has 1 atom stereocenters. The number of likely N-dealkylation sites (tertiary alicyclic amines) is 2. The Morgan fingerprint density at radius 1 is 0.739 bits per heavy atom. The molecule has 4 aliphatic heterocycles. The summed E-state index contributed by atoms with van der Waals surface area (Å²) in [4.78, 5) is 61.9. The molecule has 362 valence electrons. The van der Waals surface area contributed by atoms with Crippen molar-refractivity contribution in [2.24, 2.45) is 0 Å². The Hall–Kier alpha value is -6.30. The van der Waals surface area contributed by atoms with Crippen LogP contribution in [-0.4, -0.2) is 155 Å². The van der Waals surface area contributed by atoms with E-state index in [0.717, 1.165) is 89.4 Å². The zero-order valence-corrected chi connectivity index (χ0v) is 39.1. The summed E-state index contributed by atoms with van der Waals surface area (Å²) in [5, 5.41) is 20.1. The lowest BCUT2D eigenvalue weighted by Gasteiger charge is -2.38. The maximum atomic E-state index is 15.1. The largest absolute Gasteiger partial charge is 0.456 e. The lowest BCUT2D eigenvalue weighted by atomic mass is 9.90. The fourth-order valence-corrected chi connectivity index (χ4v) is 10.3. The molecule has 5 fully saturated rings. The summed E-state index contributed by atoms with van der Waals surface area (Å²) in [6, 6.07) is 22.3. The molecule has 10 rings (SSSR count). The first kappa shape index (κ1) is 46.4. The first-order valence-corrected chi connectivity index (χ1v) is 24.8. The molecule has 0 spiro atoms. The minimum atomic E-state index is -0.602. The van der Waals surface area contributed by atoms with Crippen molar-refractivity contribution in [3.63, 3.8) is 0 Å². The van der Waals surface area contributed by atoms with Crippen LogP contribution in [0.2, 0.25) is 0 Å². The number of hydrogen-bond donors (Lipinski definition) is 2. The number of benzene rings is 3. The summed E-state index contributed by atoms with van der Waals surface area (Å²) in [5.74, 6) is 1.64. The van der Waals surface area contributed by atoms with Gasteiger partial charge in [-0.05, 0) is 92.8 Å². The Bertz CT molecular complexity index is 2690. The summed E-state index contributed by atoms with van der Waals surface area (Å²) in [6.07, 6.45) is 10.1. The fourth-order valence-electron chi connectivity index (χ4n) is 10.3. The number of H-pyrrole nitrogens is 1. The Labute approximate surface area is 401 Å². The number of anilines is 1. The minimum Gasteiger partial charge on any atom is -0.456 e. The number of hydrogen-bond acceptors (Lipinski definition) is 12. The lowest BCUT2D eigenvalue weighted by Crippen LogP contribution is -2.53. The van der Waals surface area contributed by atoms with E-state index in [1.165, 1.54) is 24.5 Å². The Kier molecular flexibility index (Phi) is 14.2. The number of carbonyl (C=O) groups is 3. The number of nitrogens with zero attached hydrogens (tertiary/aromatic N) is 8. The molecule has 0 radical (unpaired) electrons. The molecule has 69 heavy (non-hydrogen) atoms. The van der Waals surface area contributed by atoms with Gasteiger partial charge in [-0.1, -0.05) is 36.4 Å². The zero-order valence-electron chi connectivity index (χ0n) is 39.1. The van der Waals surface area contributed by atoms with Crippen LogP contribution in [0.3, 0.4) is 0 Å². The predicted molar refractivity (Wildman–Crippen MR) is 258 cm³/mol. The highest BCUT2D eigenvalue weighted by Crippen LogP contribution is 2.32. The standard InChI is InChI=1S/C52H61FN10O6/c53-46-13-10-35(28-47-43-8-1-2-9-44(43)51(66)58-56-47)27-45(46)52(67)62-25-23-61(24-26-62)50(65)34-59-19-14-39(15-20-59)68-40-16-21-60(22-17-40)48-30-42(31-55-57-48)69-41-7-3-5-36(29-41)37-6-4-18-63(33-37)49(64)32-54-38-11-12-38/h1-3,5,7-10,13,27,29-31,37-40,54H,4,6,11-12,14-26,28,32-34H2,(H,58,66). The predicted octanol–water partition coefficient (Wildman–Crippen LogP) is 5.13. The summed E-state index contributed by atoms with van der Waals surface area (Å²) in [6.45, 7) is 6.84. The van der Waals surface area contributed by atoms with E-state index in [1.807, 2.05) is 35.2 Å². The second-order valence-electron chi connectivity index (χ2n) is 19.3. The van der Waals surface area contributed by atoms with E-state index in [4.69, 9.17) is 9.47 Å². The van der Waals surface area contributed by atoms with Gasteiger partial charge in [0.25, 0.3) is 11.5 Å². The number of carbonyl (C=O) groups excluding carboxylic acids is 3. The van der Waals surface area contributed by atoms with Crippen molar-refractivity contribution in [1.29, 1.82) is 0 Å². The zero-order chi connectivity index (χ0) is 47.3. The van der Waals surface area contributed by atoms with Gasteiger partial charge < -0.3 is 34.4 Å². The van der Waals surface area contributed by atoms with Crippen molar-refractivity contribution in [1.82, 2.24) is 45.3 Å². The number of nitrogens with one attached hydrogen (secondary N) is 2. The van der Waals surface area contributed by atoms with E-state index in [0.29, 0.717) is 79.5 Å². The monoisotopic (exact) mass is 940 g/mol. The molecule has 3 amide bonds. The fraction of sp³-hybridized carbons (Fsp3) is 0.481. The molecule has 3 aromatic carbocycles. The van der Waals surface area contributed by atoms with Crippen molar-refractivity contribution in [2.45, 2.75) is 82.0 Å². The van der Waals surface area contributed by atoms with Gasteiger partial charge in [-0.3, -0.25) is 24.1 Å². The maximum Gasteiger partial charge on any atom is 0.272 e. The summed E-state index contributed by atoms with van der Waals surface area (Å²) >= 11 is 0. The van der Waals surface area contributed by atoms with Gasteiger partial charge >= 0.3 is 0 Å². The van der Waals surface area contributed by atoms with Crippen LogP contribution in [0.4, 0.5) is 10.2 Å². The molecule has 2 aromatic heterocycles. The highest BCUT2D eigenvalue weighted by molar-refractivity contribution is 5.95. The van der Waals surface area contributed by atoms with Crippen molar-refractivity contribution < 1.29 is 28.2 Å². The van der Waals surface area contributed by atoms with E-state index < -0.39 is 11.7 Å². The second kappa shape index (κ2) is 21.1. The number of rotatable bonds is 14. The molecule has 5 aromatic rings. The number of amides is 3.